The van der Waals surface area contributed by atoms with Gasteiger partial charge < -0.3 is 10.1 Å². The van der Waals surface area contributed by atoms with Crippen LogP contribution in [0.5, 0.6) is 5.75 Å². The minimum absolute atomic E-state index is 0.691. The normalized spacial score (nSPS) is 17.1. The first-order valence-corrected chi connectivity index (χ1v) is 6.45. The van der Waals surface area contributed by atoms with Crippen molar-refractivity contribution in [2.45, 2.75) is 6.92 Å². The fraction of sp³-hybridized carbons (Fsp3) is 0.538. The number of benzene rings is 1. The molecule has 1 saturated heterocycles. The molecule has 1 aliphatic heterocycles. The lowest BCUT2D eigenvalue weighted by atomic mass is 10.2. The number of ether oxygens (including phenoxy) is 1. The van der Waals surface area contributed by atoms with Crippen LogP contribution in [0, 0.1) is 6.92 Å². The van der Waals surface area contributed by atoms with Gasteiger partial charge in [-0.2, -0.15) is 0 Å². The third kappa shape index (κ3) is 3.87. The van der Waals surface area contributed by atoms with Crippen LogP contribution in [-0.4, -0.2) is 44.2 Å². The molecule has 0 saturated carbocycles. The van der Waals surface area contributed by atoms with E-state index in [-0.39, 0.29) is 0 Å². The molecule has 2 rings (SSSR count). The van der Waals surface area contributed by atoms with Crippen molar-refractivity contribution < 1.29 is 4.74 Å². The molecule has 3 nitrogen and oxygen atoms in total. The summed E-state index contributed by atoms with van der Waals surface area (Å²) >= 11 is 6.07. The number of nitrogens with zero attached hydrogens (tertiary/aromatic N) is 1. The Labute approximate surface area is 108 Å². The molecule has 0 radical (unpaired) electrons. The van der Waals surface area contributed by atoms with Gasteiger partial charge in [0.2, 0.25) is 0 Å². The summed E-state index contributed by atoms with van der Waals surface area (Å²) in [5.74, 6) is 0.793. The zero-order valence-corrected chi connectivity index (χ0v) is 11.0. The van der Waals surface area contributed by atoms with Gasteiger partial charge in [-0.15, -0.1) is 0 Å². The molecule has 1 heterocycles. The average molecular weight is 255 g/mol. The SMILES string of the molecule is Cc1ccc(Cl)c(OCCN2CCNCC2)c1. The number of hydrogen-bond donors (Lipinski definition) is 1. The fourth-order valence-corrected chi connectivity index (χ4v) is 2.11. The van der Waals surface area contributed by atoms with Crippen molar-refractivity contribution in [3.63, 3.8) is 0 Å². The largest absolute Gasteiger partial charge is 0.491 e. The second-order valence-corrected chi connectivity index (χ2v) is 4.78. The lowest BCUT2D eigenvalue weighted by Crippen LogP contribution is -2.44. The fourth-order valence-electron chi connectivity index (χ4n) is 1.94. The Morgan fingerprint density at radius 2 is 2.12 bits per heavy atom. The van der Waals surface area contributed by atoms with Gasteiger partial charge in [0.15, 0.2) is 0 Å². The van der Waals surface area contributed by atoms with Crippen LogP contribution >= 0.6 is 11.6 Å². The summed E-state index contributed by atoms with van der Waals surface area (Å²) in [7, 11) is 0. The van der Waals surface area contributed by atoms with Crippen molar-refractivity contribution in [2.24, 2.45) is 0 Å². The molecular weight excluding hydrogens is 236 g/mol. The van der Waals surface area contributed by atoms with Crippen molar-refractivity contribution in [2.75, 3.05) is 39.3 Å². The number of halogens is 1. The van der Waals surface area contributed by atoms with Crippen molar-refractivity contribution in [1.29, 1.82) is 0 Å². The number of rotatable bonds is 4. The zero-order valence-electron chi connectivity index (χ0n) is 10.2. The number of nitrogens with one attached hydrogen (secondary N) is 1. The van der Waals surface area contributed by atoms with E-state index in [4.69, 9.17) is 16.3 Å². The molecule has 1 N–H and O–H groups in total. The minimum Gasteiger partial charge on any atom is -0.491 e. The molecule has 0 atom stereocenters. The minimum atomic E-state index is 0.691. The highest BCUT2D eigenvalue weighted by atomic mass is 35.5. The summed E-state index contributed by atoms with van der Waals surface area (Å²) < 4.78 is 5.73. The number of aryl methyl sites for hydroxylation is 1. The molecule has 0 aliphatic carbocycles. The highest BCUT2D eigenvalue weighted by Crippen LogP contribution is 2.25. The van der Waals surface area contributed by atoms with E-state index in [0.29, 0.717) is 11.6 Å². The van der Waals surface area contributed by atoms with Crippen molar-refractivity contribution in [1.82, 2.24) is 10.2 Å². The Morgan fingerprint density at radius 1 is 1.35 bits per heavy atom. The van der Waals surface area contributed by atoms with Gasteiger partial charge in [0.25, 0.3) is 0 Å². The molecule has 0 aromatic heterocycles. The summed E-state index contributed by atoms with van der Waals surface area (Å²) in [5.41, 5.74) is 1.17. The van der Waals surface area contributed by atoms with Crippen LogP contribution in [-0.2, 0) is 0 Å². The first kappa shape index (κ1) is 12.7. The van der Waals surface area contributed by atoms with Gasteiger partial charge >= 0.3 is 0 Å². The molecule has 0 spiro atoms. The Balaban J connectivity index is 1.79. The van der Waals surface area contributed by atoms with Crippen LogP contribution in [0.2, 0.25) is 5.02 Å². The predicted molar refractivity (Wildman–Crippen MR) is 71.0 cm³/mol. The van der Waals surface area contributed by atoms with Gasteiger partial charge in [-0.25, -0.2) is 0 Å². The van der Waals surface area contributed by atoms with E-state index in [1.54, 1.807) is 0 Å². The first-order valence-electron chi connectivity index (χ1n) is 6.08. The maximum absolute atomic E-state index is 6.07. The van der Waals surface area contributed by atoms with Gasteiger partial charge in [0, 0.05) is 32.7 Å². The third-order valence-electron chi connectivity index (χ3n) is 2.96. The summed E-state index contributed by atoms with van der Waals surface area (Å²) in [6.45, 7) is 8.06. The van der Waals surface area contributed by atoms with Gasteiger partial charge in [-0.1, -0.05) is 17.7 Å². The molecule has 0 bridgehead atoms. The molecule has 1 aromatic carbocycles. The molecule has 0 amide bonds. The summed E-state index contributed by atoms with van der Waals surface area (Å²) in [6.07, 6.45) is 0. The number of hydrogen-bond acceptors (Lipinski definition) is 3. The van der Waals surface area contributed by atoms with E-state index in [0.717, 1.165) is 38.5 Å². The van der Waals surface area contributed by atoms with Gasteiger partial charge in [-0.3, -0.25) is 4.90 Å². The molecule has 4 heteroatoms. The highest BCUT2D eigenvalue weighted by Gasteiger charge is 2.09. The summed E-state index contributed by atoms with van der Waals surface area (Å²) in [4.78, 5) is 2.40. The molecule has 1 aliphatic rings. The van der Waals surface area contributed by atoms with Crippen LogP contribution in [0.1, 0.15) is 5.56 Å². The van der Waals surface area contributed by atoms with Crippen LogP contribution < -0.4 is 10.1 Å². The Kier molecular flexibility index (Phi) is 4.66. The Bertz CT molecular complexity index is 364. The smallest absolute Gasteiger partial charge is 0.138 e. The quantitative estimate of drug-likeness (QED) is 0.889. The van der Waals surface area contributed by atoms with Crippen LogP contribution in [0.15, 0.2) is 18.2 Å². The Morgan fingerprint density at radius 3 is 2.88 bits per heavy atom. The van der Waals surface area contributed by atoms with Gasteiger partial charge in [-0.05, 0) is 24.6 Å². The van der Waals surface area contributed by atoms with Crippen molar-refractivity contribution in [3.05, 3.63) is 28.8 Å². The molecule has 17 heavy (non-hydrogen) atoms. The summed E-state index contributed by atoms with van der Waals surface area (Å²) in [6, 6.07) is 5.86. The first-order chi connectivity index (χ1) is 8.25. The highest BCUT2D eigenvalue weighted by molar-refractivity contribution is 6.32. The van der Waals surface area contributed by atoms with Crippen molar-refractivity contribution >= 4 is 11.6 Å². The van der Waals surface area contributed by atoms with E-state index in [1.165, 1.54) is 5.56 Å². The Hall–Kier alpha value is -0.770. The monoisotopic (exact) mass is 254 g/mol. The standard InChI is InChI=1S/C13H19ClN2O/c1-11-2-3-12(14)13(10-11)17-9-8-16-6-4-15-5-7-16/h2-3,10,15H,4-9H2,1H3. The molecule has 1 aromatic rings. The maximum atomic E-state index is 6.07. The third-order valence-corrected chi connectivity index (χ3v) is 3.27. The predicted octanol–water partition coefficient (Wildman–Crippen LogP) is 1.93. The lowest BCUT2D eigenvalue weighted by Gasteiger charge is -2.27. The lowest BCUT2D eigenvalue weighted by molar-refractivity contribution is 0.191. The zero-order chi connectivity index (χ0) is 12.1. The topological polar surface area (TPSA) is 24.5 Å². The molecule has 1 fully saturated rings. The second-order valence-electron chi connectivity index (χ2n) is 4.37. The van der Waals surface area contributed by atoms with Crippen LogP contribution in [0.3, 0.4) is 0 Å². The molecule has 0 unspecified atom stereocenters. The molecule has 94 valence electrons. The van der Waals surface area contributed by atoms with E-state index >= 15 is 0 Å². The van der Waals surface area contributed by atoms with Crippen LogP contribution in [0.4, 0.5) is 0 Å². The molecular formula is C13H19ClN2O. The maximum Gasteiger partial charge on any atom is 0.138 e. The van der Waals surface area contributed by atoms with Gasteiger partial charge in [0.1, 0.15) is 12.4 Å². The second kappa shape index (κ2) is 6.24. The van der Waals surface area contributed by atoms with E-state index in [2.05, 4.69) is 10.2 Å². The van der Waals surface area contributed by atoms with Crippen molar-refractivity contribution in [3.8, 4) is 5.75 Å². The average Bonchev–Trinajstić information content (AvgIpc) is 2.35. The van der Waals surface area contributed by atoms with Gasteiger partial charge in [0.05, 0.1) is 5.02 Å². The van der Waals surface area contributed by atoms with Crippen LogP contribution in [0.25, 0.3) is 0 Å². The number of piperazine rings is 1. The van der Waals surface area contributed by atoms with E-state index < -0.39 is 0 Å². The summed E-state index contributed by atoms with van der Waals surface area (Å²) in [5, 5.41) is 4.03. The van der Waals surface area contributed by atoms with E-state index in [9.17, 15) is 0 Å². The van der Waals surface area contributed by atoms with E-state index in [1.807, 2.05) is 25.1 Å².